The van der Waals surface area contributed by atoms with Gasteiger partial charge in [0.1, 0.15) is 0 Å². The Morgan fingerprint density at radius 3 is 2.42 bits per heavy atom. The minimum atomic E-state index is 0.224. The molecule has 0 heterocycles. The lowest BCUT2D eigenvalue weighted by molar-refractivity contribution is 0.589. The fourth-order valence-corrected chi connectivity index (χ4v) is 1.29. The molecule has 0 nitrogen and oxygen atoms in total. The van der Waals surface area contributed by atoms with Crippen molar-refractivity contribution >= 4 is 11.6 Å². The number of hydrogen-bond acceptors (Lipinski definition) is 0. The van der Waals surface area contributed by atoms with Crippen molar-refractivity contribution in [3.8, 4) is 0 Å². The molecule has 0 amide bonds. The van der Waals surface area contributed by atoms with Crippen molar-refractivity contribution in [2.45, 2.75) is 32.1 Å². The minimum Gasteiger partial charge on any atom is -0.122 e. The predicted octanol–water partition coefficient (Wildman–Crippen LogP) is 3.72. The number of alkyl halides is 1. The van der Waals surface area contributed by atoms with E-state index in [4.69, 9.17) is 11.6 Å². The van der Waals surface area contributed by atoms with E-state index in [2.05, 4.69) is 45.0 Å². The van der Waals surface area contributed by atoms with Gasteiger partial charge in [-0.15, -0.1) is 11.6 Å². The van der Waals surface area contributed by atoms with Gasteiger partial charge in [-0.1, -0.05) is 45.0 Å². The third kappa shape index (κ3) is 2.25. The van der Waals surface area contributed by atoms with Crippen molar-refractivity contribution in [3.63, 3.8) is 0 Å². The zero-order valence-corrected chi connectivity index (χ0v) is 8.65. The molecule has 0 bridgehead atoms. The van der Waals surface area contributed by atoms with Crippen LogP contribution in [0.15, 0.2) is 24.3 Å². The van der Waals surface area contributed by atoms with Gasteiger partial charge in [0.05, 0.1) is 0 Å². The second-order valence-electron chi connectivity index (χ2n) is 4.08. The number of rotatable bonds is 1. The lowest BCUT2D eigenvalue weighted by Crippen LogP contribution is -2.10. The Labute approximate surface area is 79.6 Å². The molecule has 0 aliphatic rings. The maximum atomic E-state index is 5.75. The van der Waals surface area contributed by atoms with Gasteiger partial charge in [-0.3, -0.25) is 0 Å². The van der Waals surface area contributed by atoms with E-state index in [1.807, 2.05) is 0 Å². The molecule has 0 aliphatic carbocycles. The van der Waals surface area contributed by atoms with E-state index in [9.17, 15) is 0 Å². The average molecular weight is 183 g/mol. The van der Waals surface area contributed by atoms with Crippen molar-refractivity contribution < 1.29 is 0 Å². The molecule has 0 spiro atoms. The summed E-state index contributed by atoms with van der Waals surface area (Å²) in [7, 11) is 0. The Balaban J connectivity index is 3.02. The molecule has 0 saturated carbocycles. The van der Waals surface area contributed by atoms with Crippen LogP contribution in [0, 0.1) is 0 Å². The summed E-state index contributed by atoms with van der Waals surface area (Å²) in [6.07, 6.45) is 0. The lowest BCUT2D eigenvalue weighted by atomic mass is 9.86. The fourth-order valence-electron chi connectivity index (χ4n) is 1.12. The standard InChI is InChI=1S/C11H15Cl/c1-11(2,3)10-6-4-5-9(7-10)8-12/h4-7H,8H2,1-3H3. The first-order valence-corrected chi connectivity index (χ1v) is 4.73. The predicted molar refractivity (Wildman–Crippen MR) is 54.7 cm³/mol. The molecule has 1 heteroatoms. The van der Waals surface area contributed by atoms with Crippen LogP contribution in [-0.4, -0.2) is 0 Å². The zero-order valence-electron chi connectivity index (χ0n) is 7.89. The molecule has 1 rings (SSSR count). The Hall–Kier alpha value is -0.490. The monoisotopic (exact) mass is 182 g/mol. The summed E-state index contributed by atoms with van der Waals surface area (Å²) in [6, 6.07) is 8.45. The third-order valence-corrected chi connectivity index (χ3v) is 2.26. The second kappa shape index (κ2) is 3.49. The third-order valence-electron chi connectivity index (χ3n) is 1.95. The van der Waals surface area contributed by atoms with E-state index in [-0.39, 0.29) is 5.41 Å². The maximum Gasteiger partial charge on any atom is 0.0474 e. The molecule has 0 radical (unpaired) electrons. The van der Waals surface area contributed by atoms with E-state index in [1.165, 1.54) is 11.1 Å². The van der Waals surface area contributed by atoms with Crippen LogP contribution in [0.2, 0.25) is 0 Å². The summed E-state index contributed by atoms with van der Waals surface area (Å²) >= 11 is 5.75. The normalized spacial score (nSPS) is 11.7. The highest BCUT2D eigenvalue weighted by molar-refractivity contribution is 6.17. The molecule has 0 unspecified atom stereocenters. The van der Waals surface area contributed by atoms with Crippen molar-refractivity contribution in [1.82, 2.24) is 0 Å². The van der Waals surface area contributed by atoms with Crippen molar-refractivity contribution in [3.05, 3.63) is 35.4 Å². The summed E-state index contributed by atoms with van der Waals surface area (Å²) in [5.41, 5.74) is 2.77. The fraction of sp³-hybridized carbons (Fsp3) is 0.455. The molecule has 1 aromatic carbocycles. The van der Waals surface area contributed by atoms with Gasteiger partial charge in [0.2, 0.25) is 0 Å². The van der Waals surface area contributed by atoms with E-state index in [0.29, 0.717) is 5.88 Å². The van der Waals surface area contributed by atoms with Crippen LogP contribution in [0.25, 0.3) is 0 Å². The van der Waals surface area contributed by atoms with E-state index < -0.39 is 0 Å². The van der Waals surface area contributed by atoms with Crippen LogP contribution in [0.5, 0.6) is 0 Å². The molecular weight excluding hydrogens is 168 g/mol. The topological polar surface area (TPSA) is 0 Å². The molecule has 0 atom stereocenters. The first-order chi connectivity index (χ1) is 5.54. The molecule has 12 heavy (non-hydrogen) atoms. The smallest absolute Gasteiger partial charge is 0.0474 e. The molecule has 0 fully saturated rings. The Morgan fingerprint density at radius 2 is 1.92 bits per heavy atom. The molecule has 66 valence electrons. The first-order valence-electron chi connectivity index (χ1n) is 4.19. The summed E-state index contributed by atoms with van der Waals surface area (Å²) < 4.78 is 0. The number of halogens is 1. The van der Waals surface area contributed by atoms with Gasteiger partial charge in [0, 0.05) is 5.88 Å². The Bertz CT molecular complexity index is 258. The van der Waals surface area contributed by atoms with Gasteiger partial charge >= 0.3 is 0 Å². The molecule has 1 aromatic rings. The summed E-state index contributed by atoms with van der Waals surface area (Å²) in [5, 5.41) is 0. The van der Waals surface area contributed by atoms with E-state index >= 15 is 0 Å². The van der Waals surface area contributed by atoms with Gasteiger partial charge in [0.25, 0.3) is 0 Å². The summed E-state index contributed by atoms with van der Waals surface area (Å²) in [4.78, 5) is 0. The van der Waals surface area contributed by atoms with Crippen LogP contribution in [-0.2, 0) is 11.3 Å². The zero-order chi connectivity index (χ0) is 9.19. The highest BCUT2D eigenvalue weighted by Gasteiger charge is 2.12. The van der Waals surface area contributed by atoms with Crippen LogP contribution in [0.4, 0.5) is 0 Å². The summed E-state index contributed by atoms with van der Waals surface area (Å²) in [6.45, 7) is 6.63. The van der Waals surface area contributed by atoms with Gasteiger partial charge in [-0.2, -0.15) is 0 Å². The van der Waals surface area contributed by atoms with Crippen molar-refractivity contribution in [2.75, 3.05) is 0 Å². The number of hydrogen-bond donors (Lipinski definition) is 0. The van der Waals surface area contributed by atoms with E-state index in [0.717, 1.165) is 0 Å². The Kier molecular flexibility index (Phi) is 2.79. The molecule has 0 N–H and O–H groups in total. The molecule has 0 saturated heterocycles. The van der Waals surface area contributed by atoms with Crippen molar-refractivity contribution in [1.29, 1.82) is 0 Å². The SMILES string of the molecule is CC(C)(C)c1cccc(CCl)c1. The molecule has 0 aliphatic heterocycles. The van der Waals surface area contributed by atoms with Crippen molar-refractivity contribution in [2.24, 2.45) is 0 Å². The van der Waals surface area contributed by atoms with Crippen LogP contribution in [0.1, 0.15) is 31.9 Å². The molecular formula is C11H15Cl. The van der Waals surface area contributed by atoms with Gasteiger partial charge in [-0.05, 0) is 16.5 Å². The maximum absolute atomic E-state index is 5.75. The first kappa shape index (κ1) is 9.60. The van der Waals surface area contributed by atoms with Gasteiger partial charge in [-0.25, -0.2) is 0 Å². The Morgan fingerprint density at radius 1 is 1.25 bits per heavy atom. The summed E-state index contributed by atoms with van der Waals surface area (Å²) in [5.74, 6) is 0.601. The largest absolute Gasteiger partial charge is 0.122 e. The van der Waals surface area contributed by atoms with Crippen LogP contribution >= 0.6 is 11.6 Å². The van der Waals surface area contributed by atoms with E-state index in [1.54, 1.807) is 0 Å². The second-order valence-corrected chi connectivity index (χ2v) is 4.35. The lowest BCUT2D eigenvalue weighted by Gasteiger charge is -2.19. The number of benzene rings is 1. The average Bonchev–Trinajstić information content (AvgIpc) is 2.03. The molecule has 0 aromatic heterocycles. The minimum absolute atomic E-state index is 0.224. The van der Waals surface area contributed by atoms with Gasteiger partial charge in [0.15, 0.2) is 0 Å². The highest BCUT2D eigenvalue weighted by atomic mass is 35.5. The van der Waals surface area contributed by atoms with Crippen LogP contribution < -0.4 is 0 Å². The highest BCUT2D eigenvalue weighted by Crippen LogP contribution is 2.23. The van der Waals surface area contributed by atoms with Crippen LogP contribution in [0.3, 0.4) is 0 Å². The quantitative estimate of drug-likeness (QED) is 0.581. The van der Waals surface area contributed by atoms with Gasteiger partial charge < -0.3 is 0 Å².